The van der Waals surface area contributed by atoms with Gasteiger partial charge in [-0.1, -0.05) is 6.07 Å². The van der Waals surface area contributed by atoms with Crippen molar-refractivity contribution in [1.29, 1.82) is 0 Å². The lowest BCUT2D eigenvalue weighted by Gasteiger charge is -1.94. The van der Waals surface area contributed by atoms with Gasteiger partial charge >= 0.3 is 0 Å². The van der Waals surface area contributed by atoms with E-state index in [1.54, 1.807) is 0 Å². The van der Waals surface area contributed by atoms with Gasteiger partial charge in [0.15, 0.2) is 12.4 Å². The summed E-state index contributed by atoms with van der Waals surface area (Å²) < 4.78 is 6.27. The van der Waals surface area contributed by atoms with Crippen molar-refractivity contribution in [2.75, 3.05) is 13.7 Å². The molecule has 0 radical (unpaired) electrons. The second-order valence-corrected chi connectivity index (χ2v) is 2.51. The van der Waals surface area contributed by atoms with E-state index in [9.17, 15) is 9.90 Å². The zero-order chi connectivity index (χ0) is 10.8. The number of carbonyl (C=O) groups excluding carboxylic acids is 1. The molecule has 4 heteroatoms. The number of aromatic nitrogens is 1. The quantitative estimate of drug-likeness (QED) is 0.607. The van der Waals surface area contributed by atoms with Gasteiger partial charge in [0.25, 0.3) is 0 Å². The minimum atomic E-state index is -1.18. The average molecular weight is 197 g/mol. The molecule has 78 valence electrons. The molecule has 0 spiro atoms. The summed E-state index contributed by atoms with van der Waals surface area (Å²) in [5.74, 6) is -1.18. The standard InChI is InChI=1S/C7H10N.C3H6O3/c1-2-8-6-4-3-5-7-8;1-6-2-3(4)5/h3-7H,2H2,1H3;2H2,1H3,(H,4,5)/q+1;/p-1. The molecule has 0 aliphatic carbocycles. The van der Waals surface area contributed by atoms with Gasteiger partial charge in [0.1, 0.15) is 6.54 Å². The second-order valence-electron chi connectivity index (χ2n) is 2.51. The van der Waals surface area contributed by atoms with E-state index in [0.29, 0.717) is 0 Å². The SMILES string of the molecule is CC[n+]1ccccc1.COCC(=O)[O-]. The fraction of sp³-hybridized carbons (Fsp3) is 0.400. The molecule has 0 aliphatic rings. The highest BCUT2D eigenvalue weighted by molar-refractivity contribution is 5.65. The number of nitrogens with zero attached hydrogens (tertiary/aromatic N) is 1. The van der Waals surface area contributed by atoms with Gasteiger partial charge in [0.2, 0.25) is 0 Å². The molecule has 0 bridgehead atoms. The molecule has 0 amide bonds. The van der Waals surface area contributed by atoms with E-state index in [1.807, 2.05) is 18.2 Å². The predicted octanol–water partition coefficient (Wildman–Crippen LogP) is -0.623. The maximum absolute atomic E-state index is 9.36. The first-order valence-electron chi connectivity index (χ1n) is 4.33. The number of carboxylic acid groups (broad SMARTS) is 1. The highest BCUT2D eigenvalue weighted by Gasteiger charge is 1.86. The Bertz CT molecular complexity index is 249. The van der Waals surface area contributed by atoms with Gasteiger partial charge in [-0.3, -0.25) is 0 Å². The van der Waals surface area contributed by atoms with Crippen LogP contribution in [0, 0.1) is 0 Å². The van der Waals surface area contributed by atoms with Crippen molar-refractivity contribution in [3.8, 4) is 0 Å². The molecular weight excluding hydrogens is 182 g/mol. The molecule has 1 aromatic rings. The van der Waals surface area contributed by atoms with Crippen LogP contribution in [0.5, 0.6) is 0 Å². The third-order valence-corrected chi connectivity index (χ3v) is 1.40. The number of carbonyl (C=O) groups is 1. The molecule has 0 aromatic carbocycles. The summed E-state index contributed by atoms with van der Waals surface area (Å²) in [6.07, 6.45) is 4.11. The minimum absolute atomic E-state index is 0.319. The van der Waals surface area contributed by atoms with E-state index in [1.165, 1.54) is 7.11 Å². The zero-order valence-corrected chi connectivity index (χ0v) is 8.47. The summed E-state index contributed by atoms with van der Waals surface area (Å²) >= 11 is 0. The molecule has 0 saturated heterocycles. The largest absolute Gasteiger partial charge is 0.548 e. The van der Waals surface area contributed by atoms with E-state index in [0.717, 1.165) is 6.54 Å². The molecule has 1 aromatic heterocycles. The van der Waals surface area contributed by atoms with Gasteiger partial charge in [-0.15, -0.1) is 0 Å². The van der Waals surface area contributed by atoms with E-state index in [-0.39, 0.29) is 6.61 Å². The number of ether oxygens (including phenoxy) is 1. The van der Waals surface area contributed by atoms with Gasteiger partial charge in [-0.25, -0.2) is 4.57 Å². The summed E-state index contributed by atoms with van der Waals surface area (Å²) in [4.78, 5) is 9.36. The number of hydrogen-bond donors (Lipinski definition) is 0. The van der Waals surface area contributed by atoms with Crippen LogP contribution in [0.3, 0.4) is 0 Å². The Balaban J connectivity index is 0.000000255. The Morgan fingerprint density at radius 3 is 2.14 bits per heavy atom. The van der Waals surface area contributed by atoms with Crippen LogP contribution in [0.1, 0.15) is 6.92 Å². The van der Waals surface area contributed by atoms with Crippen LogP contribution >= 0.6 is 0 Å². The number of carboxylic acids is 1. The first kappa shape index (κ1) is 12.6. The molecule has 0 atom stereocenters. The number of rotatable bonds is 3. The van der Waals surface area contributed by atoms with Crippen LogP contribution < -0.4 is 9.67 Å². The summed E-state index contributed by atoms with van der Waals surface area (Å²) in [5.41, 5.74) is 0. The summed E-state index contributed by atoms with van der Waals surface area (Å²) in [6, 6.07) is 6.08. The smallest absolute Gasteiger partial charge is 0.168 e. The van der Waals surface area contributed by atoms with Gasteiger partial charge in [0.05, 0.1) is 12.6 Å². The number of hydrogen-bond acceptors (Lipinski definition) is 3. The third kappa shape index (κ3) is 7.24. The fourth-order valence-electron chi connectivity index (χ4n) is 0.763. The zero-order valence-electron chi connectivity index (χ0n) is 8.47. The van der Waals surface area contributed by atoms with Crippen LogP contribution in [0.15, 0.2) is 30.6 Å². The molecule has 4 nitrogen and oxygen atoms in total. The Morgan fingerprint density at radius 2 is 1.93 bits per heavy atom. The molecule has 0 N–H and O–H groups in total. The Morgan fingerprint density at radius 1 is 1.36 bits per heavy atom. The van der Waals surface area contributed by atoms with E-state index < -0.39 is 5.97 Å². The van der Waals surface area contributed by atoms with Gasteiger partial charge in [-0.2, -0.15) is 0 Å². The van der Waals surface area contributed by atoms with Crippen molar-refractivity contribution in [2.24, 2.45) is 0 Å². The summed E-state index contributed by atoms with van der Waals surface area (Å²) in [5, 5.41) is 9.36. The van der Waals surface area contributed by atoms with Crippen molar-refractivity contribution in [1.82, 2.24) is 0 Å². The first-order valence-corrected chi connectivity index (χ1v) is 4.33. The second kappa shape index (κ2) is 8.19. The normalized spacial score (nSPS) is 8.71. The van der Waals surface area contributed by atoms with Crippen molar-refractivity contribution in [3.05, 3.63) is 30.6 Å². The molecule has 1 heterocycles. The van der Waals surface area contributed by atoms with E-state index >= 15 is 0 Å². The molecule has 0 unspecified atom stereocenters. The third-order valence-electron chi connectivity index (χ3n) is 1.40. The van der Waals surface area contributed by atoms with Crippen molar-refractivity contribution in [2.45, 2.75) is 13.5 Å². The lowest BCUT2D eigenvalue weighted by molar-refractivity contribution is -0.693. The van der Waals surface area contributed by atoms with E-state index in [2.05, 4.69) is 28.6 Å². The van der Waals surface area contributed by atoms with Crippen molar-refractivity contribution in [3.63, 3.8) is 0 Å². The van der Waals surface area contributed by atoms with Gasteiger partial charge < -0.3 is 14.6 Å². The topological polar surface area (TPSA) is 53.2 Å². The molecular formula is C10H15NO3. The van der Waals surface area contributed by atoms with Crippen LogP contribution in [0.25, 0.3) is 0 Å². The Labute approximate surface area is 83.8 Å². The number of pyridine rings is 1. The highest BCUT2D eigenvalue weighted by Crippen LogP contribution is 1.74. The summed E-state index contributed by atoms with van der Waals surface area (Å²) in [6.45, 7) is 2.86. The molecule has 0 fully saturated rings. The minimum Gasteiger partial charge on any atom is -0.548 e. The van der Waals surface area contributed by atoms with Crippen LogP contribution in [0.4, 0.5) is 0 Å². The lowest BCUT2D eigenvalue weighted by Crippen LogP contribution is -2.30. The van der Waals surface area contributed by atoms with Crippen LogP contribution in [0.2, 0.25) is 0 Å². The van der Waals surface area contributed by atoms with Gasteiger partial charge in [0, 0.05) is 19.2 Å². The highest BCUT2D eigenvalue weighted by atomic mass is 16.5. The van der Waals surface area contributed by atoms with Crippen molar-refractivity contribution >= 4 is 5.97 Å². The molecule has 1 rings (SSSR count). The summed E-state index contributed by atoms with van der Waals surface area (Å²) in [7, 11) is 1.30. The monoisotopic (exact) mass is 197 g/mol. The Kier molecular flexibility index (Phi) is 7.36. The Hall–Kier alpha value is -1.42. The molecule has 0 aliphatic heterocycles. The maximum Gasteiger partial charge on any atom is 0.168 e. The van der Waals surface area contributed by atoms with E-state index in [4.69, 9.17) is 0 Å². The number of aliphatic carboxylic acids is 1. The van der Waals surface area contributed by atoms with Crippen LogP contribution in [-0.4, -0.2) is 19.7 Å². The average Bonchev–Trinajstić information content (AvgIpc) is 2.20. The predicted molar refractivity (Wildman–Crippen MR) is 49.2 cm³/mol. The maximum atomic E-state index is 9.36. The molecule has 0 saturated carbocycles. The number of aryl methyl sites for hydroxylation is 1. The van der Waals surface area contributed by atoms with Crippen molar-refractivity contribution < 1.29 is 19.2 Å². The van der Waals surface area contributed by atoms with Crippen LogP contribution in [-0.2, 0) is 16.1 Å². The first-order chi connectivity index (χ1) is 6.70. The lowest BCUT2D eigenvalue weighted by atomic mass is 10.5. The fourth-order valence-corrected chi connectivity index (χ4v) is 0.763. The molecule has 14 heavy (non-hydrogen) atoms. The number of methoxy groups -OCH3 is 1. The van der Waals surface area contributed by atoms with Gasteiger partial charge in [-0.05, 0) is 6.92 Å².